The second-order valence-electron chi connectivity index (χ2n) is 6.79. The zero-order valence-corrected chi connectivity index (χ0v) is 15.2. The molecule has 1 aromatic carbocycles. The van der Waals surface area contributed by atoms with E-state index in [0.29, 0.717) is 19.8 Å². The first kappa shape index (κ1) is 18.5. The predicted molar refractivity (Wildman–Crippen MR) is 94.3 cm³/mol. The number of benzene rings is 1. The van der Waals surface area contributed by atoms with Gasteiger partial charge in [0.2, 0.25) is 0 Å². The van der Waals surface area contributed by atoms with Crippen molar-refractivity contribution in [2.24, 2.45) is 0 Å². The van der Waals surface area contributed by atoms with E-state index in [1.807, 2.05) is 6.07 Å². The SMILES string of the molecule is COc1cc2c(cc1OC)CN(C[C@@H](O)COC[C@H]1CCCO1)CC2. The first-order valence-corrected chi connectivity index (χ1v) is 9.03. The van der Waals surface area contributed by atoms with Crippen molar-refractivity contribution in [2.45, 2.75) is 38.0 Å². The third kappa shape index (κ3) is 4.85. The average molecular weight is 351 g/mol. The Bertz CT molecular complexity index is 559. The van der Waals surface area contributed by atoms with Crippen molar-refractivity contribution in [2.75, 3.05) is 47.1 Å². The van der Waals surface area contributed by atoms with E-state index in [1.165, 1.54) is 11.1 Å². The number of fused-ring (bicyclic) bond motifs is 1. The number of rotatable bonds is 8. The second-order valence-corrected chi connectivity index (χ2v) is 6.79. The number of aliphatic hydroxyl groups is 1. The van der Waals surface area contributed by atoms with Crippen LogP contribution in [0.25, 0.3) is 0 Å². The van der Waals surface area contributed by atoms with E-state index in [4.69, 9.17) is 18.9 Å². The van der Waals surface area contributed by atoms with E-state index in [2.05, 4.69) is 11.0 Å². The number of nitrogens with zero attached hydrogens (tertiary/aromatic N) is 1. The van der Waals surface area contributed by atoms with Gasteiger partial charge in [0, 0.05) is 26.2 Å². The van der Waals surface area contributed by atoms with Crippen molar-refractivity contribution in [3.8, 4) is 11.5 Å². The van der Waals surface area contributed by atoms with Crippen molar-refractivity contribution in [3.63, 3.8) is 0 Å². The molecule has 2 heterocycles. The molecule has 2 aliphatic rings. The molecule has 140 valence electrons. The van der Waals surface area contributed by atoms with Gasteiger partial charge in [0.05, 0.1) is 39.6 Å². The predicted octanol–water partition coefficient (Wildman–Crippen LogP) is 1.62. The summed E-state index contributed by atoms with van der Waals surface area (Å²) in [5.74, 6) is 1.53. The first-order valence-electron chi connectivity index (χ1n) is 9.03. The molecule has 2 aliphatic heterocycles. The van der Waals surface area contributed by atoms with Gasteiger partial charge >= 0.3 is 0 Å². The molecule has 25 heavy (non-hydrogen) atoms. The maximum absolute atomic E-state index is 10.3. The van der Waals surface area contributed by atoms with E-state index in [0.717, 1.165) is 50.5 Å². The van der Waals surface area contributed by atoms with Crippen molar-refractivity contribution in [3.05, 3.63) is 23.3 Å². The summed E-state index contributed by atoms with van der Waals surface area (Å²) in [5.41, 5.74) is 2.52. The molecule has 1 aromatic rings. The summed E-state index contributed by atoms with van der Waals surface area (Å²) in [6.07, 6.45) is 2.83. The van der Waals surface area contributed by atoms with Gasteiger partial charge in [-0.3, -0.25) is 4.90 Å². The molecule has 1 N–H and O–H groups in total. The van der Waals surface area contributed by atoms with Gasteiger partial charge in [-0.15, -0.1) is 0 Å². The molecule has 0 amide bonds. The van der Waals surface area contributed by atoms with Crippen LogP contribution < -0.4 is 9.47 Å². The number of aliphatic hydroxyl groups excluding tert-OH is 1. The summed E-state index contributed by atoms with van der Waals surface area (Å²) in [5, 5.41) is 10.3. The number of ether oxygens (including phenoxy) is 4. The third-order valence-electron chi connectivity index (χ3n) is 4.90. The second kappa shape index (κ2) is 8.85. The average Bonchev–Trinajstić information content (AvgIpc) is 3.13. The van der Waals surface area contributed by atoms with Crippen molar-refractivity contribution in [1.29, 1.82) is 0 Å². The van der Waals surface area contributed by atoms with E-state index in [1.54, 1.807) is 14.2 Å². The van der Waals surface area contributed by atoms with Crippen molar-refractivity contribution in [1.82, 2.24) is 4.90 Å². The molecule has 6 heteroatoms. The van der Waals surface area contributed by atoms with Crippen molar-refractivity contribution >= 4 is 0 Å². The van der Waals surface area contributed by atoms with Crippen LogP contribution in [0.5, 0.6) is 11.5 Å². The summed E-state index contributed by atoms with van der Waals surface area (Å²) in [6, 6.07) is 4.10. The molecule has 3 rings (SSSR count). The third-order valence-corrected chi connectivity index (χ3v) is 4.90. The lowest BCUT2D eigenvalue weighted by Crippen LogP contribution is -2.38. The lowest BCUT2D eigenvalue weighted by molar-refractivity contribution is -0.0261. The summed E-state index contributed by atoms with van der Waals surface area (Å²) in [6.45, 7) is 4.10. The topological polar surface area (TPSA) is 60.4 Å². The smallest absolute Gasteiger partial charge is 0.161 e. The number of methoxy groups -OCH3 is 2. The van der Waals surface area contributed by atoms with Gasteiger partial charge in [0.15, 0.2) is 11.5 Å². The Morgan fingerprint density at radius 2 is 2.00 bits per heavy atom. The zero-order chi connectivity index (χ0) is 17.6. The molecule has 0 spiro atoms. The lowest BCUT2D eigenvalue weighted by atomic mass is 9.98. The van der Waals surface area contributed by atoms with Gasteiger partial charge in [0.25, 0.3) is 0 Å². The minimum absolute atomic E-state index is 0.205. The van der Waals surface area contributed by atoms with Crippen LogP contribution in [0.15, 0.2) is 12.1 Å². The Morgan fingerprint density at radius 1 is 1.24 bits per heavy atom. The molecule has 0 unspecified atom stereocenters. The van der Waals surface area contributed by atoms with Crippen LogP contribution in [0.4, 0.5) is 0 Å². The molecule has 0 bridgehead atoms. The standard InChI is InChI=1S/C19H29NO5/c1-22-18-8-14-5-6-20(10-15(14)9-19(18)23-2)11-16(21)12-24-13-17-4-3-7-25-17/h8-9,16-17,21H,3-7,10-13H2,1-2H3/t16-,17-/m1/s1. The van der Waals surface area contributed by atoms with Gasteiger partial charge < -0.3 is 24.1 Å². The molecular weight excluding hydrogens is 322 g/mol. The lowest BCUT2D eigenvalue weighted by Gasteiger charge is -2.31. The minimum atomic E-state index is -0.483. The van der Waals surface area contributed by atoms with Crippen molar-refractivity contribution < 1.29 is 24.1 Å². The van der Waals surface area contributed by atoms with Crippen LogP contribution in [-0.2, 0) is 22.4 Å². The number of β-amino-alcohol motifs (C(OH)–C–C–N with tert-alkyl or cyclic N) is 1. The van der Waals surface area contributed by atoms with E-state index in [9.17, 15) is 5.11 Å². The Morgan fingerprint density at radius 3 is 2.68 bits per heavy atom. The molecule has 0 saturated carbocycles. The largest absolute Gasteiger partial charge is 0.493 e. The van der Waals surface area contributed by atoms with Crippen LogP contribution in [0, 0.1) is 0 Å². The molecular formula is C19H29NO5. The van der Waals surface area contributed by atoms with Gasteiger partial charge in [-0.1, -0.05) is 0 Å². The summed E-state index contributed by atoms with van der Waals surface area (Å²) < 4.78 is 21.9. The van der Waals surface area contributed by atoms with Gasteiger partial charge in [-0.25, -0.2) is 0 Å². The quantitative estimate of drug-likeness (QED) is 0.768. The Labute approximate surface area is 149 Å². The summed E-state index contributed by atoms with van der Waals surface area (Å²) in [4.78, 5) is 2.26. The Kier molecular flexibility index (Phi) is 6.53. The normalized spacial score (nSPS) is 21.8. The molecule has 1 fully saturated rings. The van der Waals surface area contributed by atoms with E-state index >= 15 is 0 Å². The van der Waals surface area contributed by atoms with Gasteiger partial charge in [0.1, 0.15) is 0 Å². The van der Waals surface area contributed by atoms with Crippen LogP contribution in [-0.4, -0.2) is 69.3 Å². The fourth-order valence-corrected chi connectivity index (χ4v) is 3.56. The highest BCUT2D eigenvalue weighted by atomic mass is 16.5. The molecule has 6 nitrogen and oxygen atoms in total. The number of hydrogen-bond acceptors (Lipinski definition) is 6. The van der Waals surface area contributed by atoms with Crippen LogP contribution >= 0.6 is 0 Å². The Balaban J connectivity index is 1.48. The number of hydrogen-bond donors (Lipinski definition) is 1. The molecule has 0 aliphatic carbocycles. The zero-order valence-electron chi connectivity index (χ0n) is 15.2. The summed E-state index contributed by atoms with van der Waals surface area (Å²) >= 11 is 0. The summed E-state index contributed by atoms with van der Waals surface area (Å²) in [7, 11) is 3.31. The molecule has 0 aromatic heterocycles. The fourth-order valence-electron chi connectivity index (χ4n) is 3.56. The van der Waals surface area contributed by atoms with Gasteiger partial charge in [-0.05, 0) is 42.5 Å². The maximum atomic E-state index is 10.3. The molecule has 2 atom stereocenters. The highest BCUT2D eigenvalue weighted by Gasteiger charge is 2.22. The molecule has 1 saturated heterocycles. The van der Waals surface area contributed by atoms with Crippen LogP contribution in [0.2, 0.25) is 0 Å². The minimum Gasteiger partial charge on any atom is -0.493 e. The van der Waals surface area contributed by atoms with E-state index in [-0.39, 0.29) is 6.10 Å². The fraction of sp³-hybridized carbons (Fsp3) is 0.684. The Hall–Kier alpha value is -1.34. The van der Waals surface area contributed by atoms with Crippen LogP contribution in [0.3, 0.4) is 0 Å². The highest BCUT2D eigenvalue weighted by molar-refractivity contribution is 5.48. The monoisotopic (exact) mass is 351 g/mol. The van der Waals surface area contributed by atoms with Crippen LogP contribution in [0.1, 0.15) is 24.0 Å². The maximum Gasteiger partial charge on any atom is 0.161 e. The molecule has 0 radical (unpaired) electrons. The van der Waals surface area contributed by atoms with Gasteiger partial charge in [-0.2, -0.15) is 0 Å². The van der Waals surface area contributed by atoms with E-state index < -0.39 is 6.10 Å². The first-order chi connectivity index (χ1) is 12.2. The highest BCUT2D eigenvalue weighted by Crippen LogP contribution is 2.33.